The van der Waals surface area contributed by atoms with Crippen molar-refractivity contribution in [2.75, 3.05) is 18.5 Å². The summed E-state index contributed by atoms with van der Waals surface area (Å²) in [5, 5.41) is 8.97. The lowest BCUT2D eigenvalue weighted by molar-refractivity contribution is 0.156. The summed E-state index contributed by atoms with van der Waals surface area (Å²) in [6, 6.07) is 3.64. The number of nitriles is 1. The van der Waals surface area contributed by atoms with Gasteiger partial charge in [-0.25, -0.2) is 8.78 Å². The molecule has 0 aliphatic carbocycles. The van der Waals surface area contributed by atoms with Crippen LogP contribution < -0.4 is 4.90 Å². The third-order valence-corrected chi connectivity index (χ3v) is 2.24. The molecule has 0 aliphatic heterocycles. The molecule has 0 bridgehead atoms. The van der Waals surface area contributed by atoms with Gasteiger partial charge in [0.05, 0.1) is 23.5 Å². The summed E-state index contributed by atoms with van der Waals surface area (Å²) in [5.74, 6) is 0. The van der Waals surface area contributed by atoms with Crippen LogP contribution in [0.1, 0.15) is 17.0 Å². The molecule has 1 heterocycles. The van der Waals surface area contributed by atoms with Gasteiger partial charge in [0.2, 0.25) is 0 Å². The number of alkyl halides is 2. The highest BCUT2D eigenvalue weighted by atomic mass is 19.3. The Kier molecular flexibility index (Phi) is 3.78. The molecule has 0 aliphatic rings. The minimum atomic E-state index is -2.43. The van der Waals surface area contributed by atoms with Gasteiger partial charge >= 0.3 is 0 Å². The SMILES string of the molecule is Cc1cc(N(C)CC(F)F)c(C#N)c(C)n1. The Morgan fingerprint density at radius 1 is 1.50 bits per heavy atom. The van der Waals surface area contributed by atoms with Crippen molar-refractivity contribution in [3.8, 4) is 6.07 Å². The molecule has 0 spiro atoms. The molecule has 86 valence electrons. The van der Waals surface area contributed by atoms with E-state index in [0.29, 0.717) is 22.6 Å². The molecular formula is C11H13F2N3. The topological polar surface area (TPSA) is 39.9 Å². The molecule has 5 heteroatoms. The number of pyridine rings is 1. The van der Waals surface area contributed by atoms with E-state index in [2.05, 4.69) is 4.98 Å². The van der Waals surface area contributed by atoms with Crippen molar-refractivity contribution in [2.45, 2.75) is 20.3 Å². The first-order valence-corrected chi connectivity index (χ1v) is 4.83. The summed E-state index contributed by atoms with van der Waals surface area (Å²) in [5.41, 5.74) is 2.15. The van der Waals surface area contributed by atoms with E-state index in [1.165, 1.54) is 4.90 Å². The van der Waals surface area contributed by atoms with Gasteiger partial charge in [0.1, 0.15) is 6.07 Å². The van der Waals surface area contributed by atoms with Gasteiger partial charge in [-0.1, -0.05) is 0 Å². The second-order valence-electron chi connectivity index (χ2n) is 3.63. The van der Waals surface area contributed by atoms with E-state index in [1.54, 1.807) is 27.0 Å². The lowest BCUT2D eigenvalue weighted by Crippen LogP contribution is -2.25. The molecule has 1 aromatic heterocycles. The Labute approximate surface area is 93.3 Å². The molecule has 0 saturated carbocycles. The van der Waals surface area contributed by atoms with Crippen LogP contribution in [0.15, 0.2) is 6.07 Å². The number of halogens is 2. The number of anilines is 1. The van der Waals surface area contributed by atoms with Crippen molar-refractivity contribution >= 4 is 5.69 Å². The normalized spacial score (nSPS) is 10.3. The molecule has 1 rings (SSSR count). The Morgan fingerprint density at radius 3 is 2.62 bits per heavy atom. The van der Waals surface area contributed by atoms with Gasteiger partial charge in [-0.2, -0.15) is 5.26 Å². The lowest BCUT2D eigenvalue weighted by atomic mass is 10.1. The van der Waals surface area contributed by atoms with Crippen LogP contribution in [0, 0.1) is 25.2 Å². The van der Waals surface area contributed by atoms with Gasteiger partial charge < -0.3 is 4.90 Å². The largest absolute Gasteiger partial charge is 0.368 e. The zero-order valence-electron chi connectivity index (χ0n) is 9.46. The van der Waals surface area contributed by atoms with Crippen molar-refractivity contribution in [1.29, 1.82) is 5.26 Å². The summed E-state index contributed by atoms with van der Waals surface area (Å²) in [6.45, 7) is 3.08. The second-order valence-corrected chi connectivity index (χ2v) is 3.63. The van der Waals surface area contributed by atoms with Crippen LogP contribution >= 0.6 is 0 Å². The van der Waals surface area contributed by atoms with Gasteiger partial charge in [0.25, 0.3) is 6.43 Å². The number of hydrogen-bond acceptors (Lipinski definition) is 3. The Hall–Kier alpha value is -1.70. The number of aromatic nitrogens is 1. The van der Waals surface area contributed by atoms with Crippen molar-refractivity contribution < 1.29 is 8.78 Å². The summed E-state index contributed by atoms with van der Waals surface area (Å²) < 4.78 is 24.5. The molecule has 0 aromatic carbocycles. The minimum absolute atomic E-state index is 0.355. The second kappa shape index (κ2) is 4.88. The molecule has 0 saturated heterocycles. The molecule has 3 nitrogen and oxygen atoms in total. The summed E-state index contributed by atoms with van der Waals surface area (Å²) in [4.78, 5) is 5.51. The summed E-state index contributed by atoms with van der Waals surface area (Å²) in [6.07, 6.45) is -2.43. The van der Waals surface area contributed by atoms with Gasteiger partial charge in [0.15, 0.2) is 0 Å². The molecule has 0 atom stereocenters. The first-order valence-electron chi connectivity index (χ1n) is 4.83. The summed E-state index contributed by atoms with van der Waals surface area (Å²) >= 11 is 0. The van der Waals surface area contributed by atoms with Crippen molar-refractivity contribution in [1.82, 2.24) is 4.98 Å². The zero-order valence-corrected chi connectivity index (χ0v) is 9.46. The predicted molar refractivity (Wildman–Crippen MR) is 57.7 cm³/mol. The molecule has 0 fully saturated rings. The predicted octanol–water partition coefficient (Wildman–Crippen LogP) is 2.27. The molecule has 0 radical (unpaired) electrons. The number of aryl methyl sites for hydroxylation is 2. The maximum Gasteiger partial charge on any atom is 0.255 e. The molecule has 0 unspecified atom stereocenters. The quantitative estimate of drug-likeness (QED) is 0.792. The number of rotatable bonds is 3. The molecule has 0 amide bonds. The van der Waals surface area contributed by atoms with E-state index in [4.69, 9.17) is 5.26 Å². The van der Waals surface area contributed by atoms with Crippen LogP contribution in [-0.2, 0) is 0 Å². The molecular weight excluding hydrogens is 212 g/mol. The fourth-order valence-electron chi connectivity index (χ4n) is 1.55. The average molecular weight is 225 g/mol. The molecule has 0 N–H and O–H groups in total. The van der Waals surface area contributed by atoms with Crippen LogP contribution in [0.25, 0.3) is 0 Å². The van der Waals surface area contributed by atoms with E-state index in [9.17, 15) is 8.78 Å². The van der Waals surface area contributed by atoms with E-state index in [-0.39, 0.29) is 0 Å². The van der Waals surface area contributed by atoms with Crippen LogP contribution in [0.3, 0.4) is 0 Å². The first kappa shape index (κ1) is 12.4. The van der Waals surface area contributed by atoms with Gasteiger partial charge in [-0.15, -0.1) is 0 Å². The first-order chi connectivity index (χ1) is 7.45. The smallest absolute Gasteiger partial charge is 0.255 e. The van der Waals surface area contributed by atoms with E-state index in [1.807, 2.05) is 6.07 Å². The van der Waals surface area contributed by atoms with E-state index >= 15 is 0 Å². The van der Waals surface area contributed by atoms with Crippen molar-refractivity contribution in [3.05, 3.63) is 23.0 Å². The molecule has 1 aromatic rings. The van der Waals surface area contributed by atoms with Crippen LogP contribution in [0.4, 0.5) is 14.5 Å². The zero-order chi connectivity index (χ0) is 12.3. The third-order valence-electron chi connectivity index (χ3n) is 2.24. The van der Waals surface area contributed by atoms with Crippen molar-refractivity contribution in [2.24, 2.45) is 0 Å². The standard InChI is InChI=1S/C11H13F2N3/c1-7-4-10(16(3)6-11(12)13)9(5-14)8(2)15-7/h4,11H,6H2,1-3H3. The van der Waals surface area contributed by atoms with E-state index in [0.717, 1.165) is 0 Å². The number of nitrogens with zero attached hydrogens (tertiary/aromatic N) is 3. The highest BCUT2D eigenvalue weighted by molar-refractivity contribution is 5.61. The van der Waals surface area contributed by atoms with Crippen LogP contribution in [0.2, 0.25) is 0 Å². The van der Waals surface area contributed by atoms with Crippen LogP contribution in [-0.4, -0.2) is 25.0 Å². The van der Waals surface area contributed by atoms with Gasteiger partial charge in [0, 0.05) is 12.7 Å². The average Bonchev–Trinajstić information content (AvgIpc) is 2.15. The summed E-state index contributed by atoms with van der Waals surface area (Å²) in [7, 11) is 1.54. The third kappa shape index (κ3) is 2.66. The molecule has 16 heavy (non-hydrogen) atoms. The maximum absolute atomic E-state index is 12.3. The van der Waals surface area contributed by atoms with Gasteiger partial charge in [-0.3, -0.25) is 4.98 Å². The fourth-order valence-corrected chi connectivity index (χ4v) is 1.55. The highest BCUT2D eigenvalue weighted by Crippen LogP contribution is 2.22. The Balaban J connectivity index is 3.17. The number of hydrogen-bond donors (Lipinski definition) is 0. The van der Waals surface area contributed by atoms with Crippen LogP contribution in [0.5, 0.6) is 0 Å². The highest BCUT2D eigenvalue weighted by Gasteiger charge is 2.15. The Morgan fingerprint density at radius 2 is 2.12 bits per heavy atom. The van der Waals surface area contributed by atoms with E-state index < -0.39 is 13.0 Å². The van der Waals surface area contributed by atoms with Crippen molar-refractivity contribution in [3.63, 3.8) is 0 Å². The fraction of sp³-hybridized carbons (Fsp3) is 0.455. The lowest BCUT2D eigenvalue weighted by Gasteiger charge is -2.21. The van der Waals surface area contributed by atoms with Gasteiger partial charge in [-0.05, 0) is 19.9 Å². The monoisotopic (exact) mass is 225 g/mol. The Bertz CT molecular complexity index is 424. The minimum Gasteiger partial charge on any atom is -0.368 e. The maximum atomic E-state index is 12.3.